The second-order valence-electron chi connectivity index (χ2n) is 7.26. The Bertz CT molecular complexity index is 1260. The summed E-state index contributed by atoms with van der Waals surface area (Å²) in [5.41, 5.74) is 1.91. The molecule has 0 saturated carbocycles. The van der Waals surface area contributed by atoms with Gasteiger partial charge in [0.1, 0.15) is 10.6 Å². The molecule has 1 aliphatic rings. The Labute approximate surface area is 179 Å². The molecule has 0 N–H and O–H groups in total. The lowest BCUT2D eigenvalue weighted by atomic mass is 10.2. The number of halogens is 1. The number of hydrogen-bond acceptors (Lipinski definition) is 5. The lowest BCUT2D eigenvalue weighted by Crippen LogP contribution is -2.48. The van der Waals surface area contributed by atoms with Crippen molar-refractivity contribution >= 4 is 38.3 Å². The highest BCUT2D eigenvalue weighted by molar-refractivity contribution is 7.89. The predicted molar refractivity (Wildman–Crippen MR) is 117 cm³/mol. The minimum absolute atomic E-state index is 0.0239. The maximum Gasteiger partial charge on any atom is 0.328 e. The maximum atomic E-state index is 13.3. The second kappa shape index (κ2) is 7.64. The molecule has 1 saturated heterocycles. The van der Waals surface area contributed by atoms with Gasteiger partial charge >= 0.3 is 5.69 Å². The summed E-state index contributed by atoms with van der Waals surface area (Å²) in [5, 5.41) is 0.112. The van der Waals surface area contributed by atoms with Gasteiger partial charge in [-0.05, 0) is 36.4 Å². The van der Waals surface area contributed by atoms with Crippen molar-refractivity contribution in [2.75, 3.05) is 38.2 Å². The molecule has 0 radical (unpaired) electrons. The van der Waals surface area contributed by atoms with Gasteiger partial charge in [0.15, 0.2) is 0 Å². The molecule has 0 spiro atoms. The number of methoxy groups -OCH3 is 1. The van der Waals surface area contributed by atoms with Crippen LogP contribution in [0.25, 0.3) is 11.0 Å². The van der Waals surface area contributed by atoms with Gasteiger partial charge in [-0.3, -0.25) is 9.13 Å². The molecule has 0 aliphatic carbocycles. The van der Waals surface area contributed by atoms with Gasteiger partial charge in [-0.1, -0.05) is 11.6 Å². The van der Waals surface area contributed by atoms with Crippen LogP contribution in [0.2, 0.25) is 5.02 Å². The average Bonchev–Trinajstić information content (AvgIpc) is 2.96. The summed E-state index contributed by atoms with van der Waals surface area (Å²) in [7, 11) is 1.07. The van der Waals surface area contributed by atoms with E-state index in [-0.39, 0.29) is 15.6 Å². The summed E-state index contributed by atoms with van der Waals surface area (Å²) in [5.74, 6) is 0.778. The topological polar surface area (TPSA) is 76.8 Å². The smallest absolute Gasteiger partial charge is 0.328 e. The van der Waals surface area contributed by atoms with E-state index >= 15 is 0 Å². The highest BCUT2D eigenvalue weighted by atomic mass is 35.5. The van der Waals surface area contributed by atoms with E-state index in [0.29, 0.717) is 37.2 Å². The van der Waals surface area contributed by atoms with Crippen molar-refractivity contribution in [2.45, 2.75) is 4.90 Å². The molecule has 160 valence electrons. The summed E-state index contributed by atoms with van der Waals surface area (Å²) in [6.07, 6.45) is 0. The van der Waals surface area contributed by atoms with Crippen LogP contribution in [0.1, 0.15) is 0 Å². The summed E-state index contributed by atoms with van der Waals surface area (Å²) >= 11 is 6.34. The molecule has 4 rings (SSSR count). The number of aryl methyl sites for hydroxylation is 2. The molecule has 0 unspecified atom stereocenters. The van der Waals surface area contributed by atoms with Crippen molar-refractivity contribution < 1.29 is 13.2 Å². The van der Waals surface area contributed by atoms with Crippen molar-refractivity contribution in [3.8, 4) is 5.75 Å². The second-order valence-corrected chi connectivity index (χ2v) is 9.57. The van der Waals surface area contributed by atoms with Gasteiger partial charge in [0.2, 0.25) is 10.0 Å². The number of nitrogens with zero attached hydrogens (tertiary/aromatic N) is 4. The van der Waals surface area contributed by atoms with Gasteiger partial charge in [0, 0.05) is 46.0 Å². The largest absolute Gasteiger partial charge is 0.497 e. The van der Waals surface area contributed by atoms with Crippen LogP contribution in [0.15, 0.2) is 46.1 Å². The van der Waals surface area contributed by atoms with Crippen molar-refractivity contribution in [3.05, 3.63) is 51.9 Å². The van der Waals surface area contributed by atoms with E-state index < -0.39 is 10.0 Å². The van der Waals surface area contributed by atoms with Crippen LogP contribution >= 0.6 is 11.6 Å². The van der Waals surface area contributed by atoms with E-state index in [1.807, 2.05) is 24.3 Å². The predicted octanol–water partition coefficient (Wildman–Crippen LogP) is 2.05. The van der Waals surface area contributed by atoms with Crippen molar-refractivity contribution in [2.24, 2.45) is 14.1 Å². The van der Waals surface area contributed by atoms with Crippen molar-refractivity contribution in [1.82, 2.24) is 13.4 Å². The number of rotatable bonds is 4. The Balaban J connectivity index is 1.59. The quantitative estimate of drug-likeness (QED) is 0.608. The van der Waals surface area contributed by atoms with Gasteiger partial charge in [0.25, 0.3) is 0 Å². The van der Waals surface area contributed by atoms with Crippen LogP contribution in [0.5, 0.6) is 5.75 Å². The SMILES string of the molecule is COc1ccc(N2CCN(S(=O)(=O)c3cc4c(cc3Cl)n(C)c(=O)n4C)CC2)cc1. The number of sulfonamides is 1. The van der Waals surface area contributed by atoms with Crippen LogP contribution in [0.3, 0.4) is 0 Å². The molecular formula is C20H23ClN4O4S. The molecule has 3 aromatic rings. The van der Waals surface area contributed by atoms with Crippen molar-refractivity contribution in [3.63, 3.8) is 0 Å². The molecule has 10 heteroatoms. The molecule has 8 nitrogen and oxygen atoms in total. The molecule has 1 aliphatic heterocycles. The highest BCUT2D eigenvalue weighted by Gasteiger charge is 2.31. The number of hydrogen-bond donors (Lipinski definition) is 0. The lowest BCUT2D eigenvalue weighted by molar-refractivity contribution is 0.385. The zero-order valence-corrected chi connectivity index (χ0v) is 18.6. The third kappa shape index (κ3) is 3.36. The maximum absolute atomic E-state index is 13.3. The van der Waals surface area contributed by atoms with Gasteiger partial charge in [-0.2, -0.15) is 4.31 Å². The molecule has 2 aromatic carbocycles. The van der Waals surface area contributed by atoms with E-state index in [1.54, 1.807) is 27.3 Å². The number of fused-ring (bicyclic) bond motifs is 1. The van der Waals surface area contributed by atoms with Crippen LogP contribution in [0, 0.1) is 0 Å². The van der Waals surface area contributed by atoms with Crippen LogP contribution in [-0.4, -0.2) is 55.1 Å². The minimum Gasteiger partial charge on any atom is -0.497 e. The van der Waals surface area contributed by atoms with E-state index in [0.717, 1.165) is 11.4 Å². The fourth-order valence-corrected chi connectivity index (χ4v) is 5.76. The Morgan fingerprint density at radius 2 is 1.50 bits per heavy atom. The number of aromatic nitrogens is 2. The Morgan fingerprint density at radius 1 is 0.933 bits per heavy atom. The van der Waals surface area contributed by atoms with Crippen LogP contribution < -0.4 is 15.3 Å². The number of ether oxygens (including phenoxy) is 1. The number of benzene rings is 2. The molecule has 1 aromatic heterocycles. The summed E-state index contributed by atoms with van der Waals surface area (Å²) in [4.78, 5) is 14.3. The fourth-order valence-electron chi connectivity index (χ4n) is 3.82. The normalized spacial score (nSPS) is 15.7. The van der Waals surface area contributed by atoms with Gasteiger partial charge < -0.3 is 9.64 Å². The zero-order valence-electron chi connectivity index (χ0n) is 17.0. The average molecular weight is 451 g/mol. The third-order valence-corrected chi connectivity index (χ3v) is 7.98. The number of imidazole rings is 1. The molecule has 2 heterocycles. The first kappa shape index (κ1) is 20.8. The number of piperazine rings is 1. The first-order chi connectivity index (χ1) is 14.2. The van der Waals surface area contributed by atoms with E-state index in [2.05, 4.69) is 4.90 Å². The minimum atomic E-state index is -3.79. The fraction of sp³-hybridized carbons (Fsp3) is 0.350. The Kier molecular flexibility index (Phi) is 5.29. The third-order valence-electron chi connectivity index (χ3n) is 5.62. The summed E-state index contributed by atoms with van der Waals surface area (Å²) < 4.78 is 36.1. The molecule has 30 heavy (non-hydrogen) atoms. The van der Waals surface area contributed by atoms with Gasteiger partial charge in [-0.15, -0.1) is 0 Å². The monoisotopic (exact) mass is 450 g/mol. The molecule has 0 amide bonds. The molecule has 0 bridgehead atoms. The number of anilines is 1. The zero-order chi connectivity index (χ0) is 21.6. The van der Waals surface area contributed by atoms with Gasteiger partial charge in [-0.25, -0.2) is 13.2 Å². The van der Waals surface area contributed by atoms with E-state index in [1.165, 1.54) is 19.5 Å². The summed E-state index contributed by atoms with van der Waals surface area (Å²) in [6.45, 7) is 1.82. The Morgan fingerprint density at radius 3 is 2.07 bits per heavy atom. The molecular weight excluding hydrogens is 428 g/mol. The lowest BCUT2D eigenvalue weighted by Gasteiger charge is -2.35. The summed E-state index contributed by atoms with van der Waals surface area (Å²) in [6, 6.07) is 10.7. The highest BCUT2D eigenvalue weighted by Crippen LogP contribution is 2.30. The standard InChI is InChI=1S/C20H23ClN4O4S/c1-22-17-12-16(21)19(13-18(17)23(2)20(22)26)30(27,28)25-10-8-24(9-11-25)14-4-6-15(29-3)7-5-14/h4-7,12-13H,8-11H2,1-3H3. The van der Waals surface area contributed by atoms with Crippen LogP contribution in [-0.2, 0) is 24.1 Å². The molecule has 1 fully saturated rings. The van der Waals surface area contributed by atoms with E-state index in [9.17, 15) is 13.2 Å². The first-order valence-electron chi connectivity index (χ1n) is 9.48. The van der Waals surface area contributed by atoms with E-state index in [4.69, 9.17) is 16.3 Å². The van der Waals surface area contributed by atoms with Crippen molar-refractivity contribution in [1.29, 1.82) is 0 Å². The molecule has 0 atom stereocenters. The first-order valence-corrected chi connectivity index (χ1v) is 11.3. The van der Waals surface area contributed by atoms with Crippen LogP contribution in [0.4, 0.5) is 5.69 Å². The Hall–Kier alpha value is -2.49. The van der Waals surface area contributed by atoms with Gasteiger partial charge in [0.05, 0.1) is 23.2 Å².